The number of hydrogen-bond donors (Lipinski definition) is 0. The van der Waals surface area contributed by atoms with E-state index in [1.54, 1.807) is 23.1 Å². The van der Waals surface area contributed by atoms with E-state index in [1.807, 2.05) is 18.2 Å². The third-order valence-electron chi connectivity index (χ3n) is 4.73. The molecule has 0 N–H and O–H groups in total. The van der Waals surface area contributed by atoms with E-state index in [0.717, 1.165) is 5.56 Å². The molecule has 0 spiro atoms. The molecule has 0 atom stereocenters. The Hall–Kier alpha value is -2.71. The average Bonchev–Trinajstić information content (AvgIpc) is 2.72. The zero-order chi connectivity index (χ0) is 20.9. The normalized spacial score (nSPS) is 15.6. The highest BCUT2D eigenvalue weighted by Gasteiger charge is 2.28. The first-order valence-corrected chi connectivity index (χ1v) is 10.8. The van der Waals surface area contributed by atoms with Crippen LogP contribution in [0.3, 0.4) is 0 Å². The van der Waals surface area contributed by atoms with Crippen molar-refractivity contribution in [3.8, 4) is 5.75 Å². The van der Waals surface area contributed by atoms with Gasteiger partial charge in [-0.3, -0.25) is 4.79 Å². The smallest absolute Gasteiger partial charge is 0.246 e. The molecule has 1 fully saturated rings. The topological polar surface area (TPSA) is 66.9 Å². The number of carbonyl (C=O) groups excluding carboxylic acids is 1. The molecule has 6 nitrogen and oxygen atoms in total. The van der Waals surface area contributed by atoms with Crippen LogP contribution in [0.5, 0.6) is 5.75 Å². The van der Waals surface area contributed by atoms with Gasteiger partial charge in [-0.2, -0.15) is 4.31 Å². The van der Waals surface area contributed by atoms with E-state index in [2.05, 4.69) is 0 Å². The van der Waals surface area contributed by atoms with Crippen molar-refractivity contribution in [2.75, 3.05) is 33.3 Å². The Kier molecular flexibility index (Phi) is 6.66. The molecule has 1 aliphatic rings. The molecular weight excluding hydrogens is 395 g/mol. The second kappa shape index (κ2) is 9.19. The summed E-state index contributed by atoms with van der Waals surface area (Å²) in [6.07, 6.45) is 2.90. The van der Waals surface area contributed by atoms with Gasteiger partial charge in [-0.1, -0.05) is 36.4 Å². The number of piperazine rings is 1. The van der Waals surface area contributed by atoms with Gasteiger partial charge in [0.2, 0.25) is 15.9 Å². The molecule has 8 heteroatoms. The lowest BCUT2D eigenvalue weighted by Crippen LogP contribution is -2.50. The fourth-order valence-electron chi connectivity index (χ4n) is 3.12. The fraction of sp³-hybridized carbons (Fsp3) is 0.286. The predicted octanol–water partition coefficient (Wildman–Crippen LogP) is 2.52. The van der Waals surface area contributed by atoms with Gasteiger partial charge in [0.25, 0.3) is 0 Å². The molecule has 0 saturated carbocycles. The highest BCUT2D eigenvalue weighted by atomic mass is 32.2. The molecule has 29 heavy (non-hydrogen) atoms. The number of nitrogens with zero attached hydrogens (tertiary/aromatic N) is 2. The van der Waals surface area contributed by atoms with Crippen LogP contribution in [0.4, 0.5) is 4.39 Å². The molecule has 1 amide bonds. The van der Waals surface area contributed by atoms with Gasteiger partial charge in [0.05, 0.1) is 12.9 Å². The fourth-order valence-corrected chi connectivity index (χ4v) is 4.64. The summed E-state index contributed by atoms with van der Waals surface area (Å²) in [5.74, 6) is -0.646. The van der Waals surface area contributed by atoms with E-state index < -0.39 is 15.8 Å². The Bertz CT molecular complexity index is 985. The third-order valence-corrected chi connectivity index (χ3v) is 6.58. The first kappa shape index (κ1) is 21.0. The van der Waals surface area contributed by atoms with Gasteiger partial charge in [0.1, 0.15) is 0 Å². The molecule has 1 saturated heterocycles. The summed E-state index contributed by atoms with van der Waals surface area (Å²) >= 11 is 0. The molecule has 0 bridgehead atoms. The highest BCUT2D eigenvalue weighted by Crippen LogP contribution is 2.19. The minimum atomic E-state index is -3.43. The van der Waals surface area contributed by atoms with Crippen LogP contribution in [0.15, 0.2) is 54.6 Å². The summed E-state index contributed by atoms with van der Waals surface area (Å²) in [4.78, 5) is 14.0. The molecule has 3 rings (SSSR count). The van der Waals surface area contributed by atoms with Crippen molar-refractivity contribution in [2.24, 2.45) is 0 Å². The Labute approximate surface area is 170 Å². The minimum Gasteiger partial charge on any atom is -0.494 e. The van der Waals surface area contributed by atoms with E-state index in [4.69, 9.17) is 4.74 Å². The number of halogens is 1. The van der Waals surface area contributed by atoms with Crippen LogP contribution in [0.1, 0.15) is 11.1 Å². The Balaban J connectivity index is 1.56. The summed E-state index contributed by atoms with van der Waals surface area (Å²) in [5, 5.41) is 0. The van der Waals surface area contributed by atoms with Gasteiger partial charge in [-0.15, -0.1) is 0 Å². The van der Waals surface area contributed by atoms with Crippen molar-refractivity contribution in [2.45, 2.75) is 5.75 Å². The van der Waals surface area contributed by atoms with Gasteiger partial charge in [-0.25, -0.2) is 12.8 Å². The Morgan fingerprint density at radius 2 is 1.79 bits per heavy atom. The largest absolute Gasteiger partial charge is 0.494 e. The van der Waals surface area contributed by atoms with Crippen molar-refractivity contribution in [3.05, 3.63) is 71.6 Å². The summed E-state index contributed by atoms with van der Waals surface area (Å²) in [6, 6.07) is 13.5. The standard InChI is InChI=1S/C21H23FN2O4S/c1-28-20-9-7-17(15-19(20)22)8-10-21(25)23-11-13-24(14-12-23)29(26,27)16-18-5-3-2-4-6-18/h2-10,15H,11-14,16H2,1H3/b10-8+. The van der Waals surface area contributed by atoms with Crippen molar-refractivity contribution < 1.29 is 22.3 Å². The van der Waals surface area contributed by atoms with Crippen LogP contribution in [0.2, 0.25) is 0 Å². The lowest BCUT2D eigenvalue weighted by Gasteiger charge is -2.33. The second-order valence-corrected chi connectivity index (χ2v) is 8.66. The second-order valence-electron chi connectivity index (χ2n) is 6.69. The van der Waals surface area contributed by atoms with Crippen molar-refractivity contribution in [1.29, 1.82) is 0 Å². The molecule has 1 aliphatic heterocycles. The number of ether oxygens (including phenoxy) is 1. The molecule has 1 heterocycles. The van der Waals surface area contributed by atoms with Gasteiger partial charge < -0.3 is 9.64 Å². The zero-order valence-electron chi connectivity index (χ0n) is 16.1. The summed E-state index contributed by atoms with van der Waals surface area (Å²) in [5.41, 5.74) is 1.28. The monoisotopic (exact) mass is 418 g/mol. The maximum absolute atomic E-state index is 13.7. The predicted molar refractivity (Wildman–Crippen MR) is 109 cm³/mol. The first-order chi connectivity index (χ1) is 13.9. The summed E-state index contributed by atoms with van der Waals surface area (Å²) in [7, 11) is -2.04. The third kappa shape index (κ3) is 5.42. The lowest BCUT2D eigenvalue weighted by atomic mass is 10.2. The van der Waals surface area contributed by atoms with Gasteiger partial charge in [0, 0.05) is 32.3 Å². The number of rotatable bonds is 6. The molecule has 0 radical (unpaired) electrons. The van der Waals surface area contributed by atoms with E-state index in [0.29, 0.717) is 18.7 Å². The summed E-state index contributed by atoms with van der Waals surface area (Å²) in [6.45, 7) is 1.14. The van der Waals surface area contributed by atoms with Crippen LogP contribution >= 0.6 is 0 Å². The van der Waals surface area contributed by atoms with Gasteiger partial charge in [0.15, 0.2) is 11.6 Å². The van der Waals surface area contributed by atoms with E-state index in [1.165, 1.54) is 35.7 Å². The number of hydrogen-bond acceptors (Lipinski definition) is 4. The molecule has 0 unspecified atom stereocenters. The maximum Gasteiger partial charge on any atom is 0.246 e. The molecule has 2 aromatic carbocycles. The van der Waals surface area contributed by atoms with Crippen molar-refractivity contribution in [1.82, 2.24) is 9.21 Å². The van der Waals surface area contributed by atoms with Crippen molar-refractivity contribution >= 4 is 22.0 Å². The maximum atomic E-state index is 13.7. The first-order valence-electron chi connectivity index (χ1n) is 9.21. The number of sulfonamides is 1. The molecule has 0 aromatic heterocycles. The van der Waals surface area contributed by atoms with Crippen LogP contribution in [0.25, 0.3) is 6.08 Å². The van der Waals surface area contributed by atoms with Gasteiger partial charge in [-0.05, 0) is 29.3 Å². The lowest BCUT2D eigenvalue weighted by molar-refractivity contribution is -0.127. The van der Waals surface area contributed by atoms with Crippen LogP contribution in [-0.2, 0) is 20.6 Å². The SMILES string of the molecule is COc1ccc(/C=C/C(=O)N2CCN(S(=O)(=O)Cc3ccccc3)CC2)cc1F. The molecule has 0 aliphatic carbocycles. The quantitative estimate of drug-likeness (QED) is 0.676. The summed E-state index contributed by atoms with van der Waals surface area (Å²) < 4.78 is 45.2. The Morgan fingerprint density at radius 3 is 2.41 bits per heavy atom. The van der Waals surface area contributed by atoms with Gasteiger partial charge >= 0.3 is 0 Å². The number of carbonyl (C=O) groups is 1. The average molecular weight is 418 g/mol. The number of benzene rings is 2. The van der Waals surface area contributed by atoms with Crippen LogP contribution in [0, 0.1) is 5.82 Å². The zero-order valence-corrected chi connectivity index (χ0v) is 16.9. The number of amides is 1. The van der Waals surface area contributed by atoms with E-state index in [9.17, 15) is 17.6 Å². The van der Waals surface area contributed by atoms with E-state index in [-0.39, 0.29) is 30.5 Å². The molecular formula is C21H23FN2O4S. The van der Waals surface area contributed by atoms with Crippen LogP contribution < -0.4 is 4.74 Å². The molecule has 154 valence electrons. The van der Waals surface area contributed by atoms with E-state index >= 15 is 0 Å². The van der Waals surface area contributed by atoms with Crippen molar-refractivity contribution in [3.63, 3.8) is 0 Å². The number of methoxy groups -OCH3 is 1. The highest BCUT2D eigenvalue weighted by molar-refractivity contribution is 7.88. The Morgan fingerprint density at radius 1 is 1.10 bits per heavy atom. The minimum absolute atomic E-state index is 0.0509. The molecule has 2 aromatic rings. The van der Waals surface area contributed by atoms with Crippen LogP contribution in [-0.4, -0.2) is 56.8 Å².